The van der Waals surface area contributed by atoms with Crippen molar-refractivity contribution in [1.29, 1.82) is 0 Å². The molecule has 1 saturated carbocycles. The number of hydrogen-bond donors (Lipinski definition) is 0. The molecule has 0 bridgehead atoms. The molecule has 1 aliphatic carbocycles. The zero-order valence-corrected chi connectivity index (χ0v) is 12.5. The van der Waals surface area contributed by atoms with Gasteiger partial charge >= 0.3 is 0 Å². The average molecular weight is 260 g/mol. The van der Waals surface area contributed by atoms with Gasteiger partial charge in [-0.2, -0.15) is 0 Å². The number of hydrogen-bond acceptors (Lipinski definition) is 1. The van der Waals surface area contributed by atoms with Crippen molar-refractivity contribution < 1.29 is 4.74 Å². The molecule has 0 amide bonds. The van der Waals surface area contributed by atoms with Crippen molar-refractivity contribution in [2.24, 2.45) is 11.8 Å². The molecule has 106 valence electrons. The summed E-state index contributed by atoms with van der Waals surface area (Å²) in [7, 11) is 0. The Bertz CT molecular complexity index is 366. The normalized spacial score (nSPS) is 18.2. The van der Waals surface area contributed by atoms with Crippen molar-refractivity contribution in [3.63, 3.8) is 0 Å². The molecule has 1 fully saturated rings. The highest BCUT2D eigenvalue weighted by molar-refractivity contribution is 5.28. The van der Waals surface area contributed by atoms with Gasteiger partial charge in [0.25, 0.3) is 0 Å². The topological polar surface area (TPSA) is 9.23 Å². The molecule has 0 spiro atoms. The van der Waals surface area contributed by atoms with Gasteiger partial charge in [0.2, 0.25) is 0 Å². The van der Waals surface area contributed by atoms with Crippen LogP contribution in [-0.4, -0.2) is 6.61 Å². The first-order chi connectivity index (χ1) is 9.28. The summed E-state index contributed by atoms with van der Waals surface area (Å²) in [5.41, 5.74) is 1.41. The van der Waals surface area contributed by atoms with E-state index in [4.69, 9.17) is 4.74 Å². The lowest BCUT2D eigenvalue weighted by Crippen LogP contribution is -2.15. The zero-order valence-electron chi connectivity index (χ0n) is 12.5. The summed E-state index contributed by atoms with van der Waals surface area (Å²) in [5.74, 6) is 2.60. The van der Waals surface area contributed by atoms with Crippen molar-refractivity contribution in [1.82, 2.24) is 0 Å². The number of ether oxygens (including phenoxy) is 1. The molecule has 0 heterocycles. The molecule has 2 rings (SSSR count). The van der Waals surface area contributed by atoms with Gasteiger partial charge in [0.05, 0.1) is 6.61 Å². The van der Waals surface area contributed by atoms with Crippen molar-refractivity contribution in [3.8, 4) is 5.75 Å². The van der Waals surface area contributed by atoms with Gasteiger partial charge in [0.15, 0.2) is 0 Å². The molecule has 1 atom stereocenters. The van der Waals surface area contributed by atoms with E-state index in [2.05, 4.69) is 38.1 Å². The maximum atomic E-state index is 6.00. The Labute approximate surface area is 118 Å². The number of benzene rings is 1. The van der Waals surface area contributed by atoms with Crippen LogP contribution in [0.15, 0.2) is 24.3 Å². The second-order valence-corrected chi connectivity index (χ2v) is 6.18. The molecule has 0 unspecified atom stereocenters. The van der Waals surface area contributed by atoms with E-state index in [1.807, 2.05) is 0 Å². The predicted molar refractivity (Wildman–Crippen MR) is 81.7 cm³/mol. The van der Waals surface area contributed by atoms with E-state index < -0.39 is 0 Å². The van der Waals surface area contributed by atoms with Crippen molar-refractivity contribution in [2.75, 3.05) is 6.61 Å². The second-order valence-electron chi connectivity index (χ2n) is 6.18. The quantitative estimate of drug-likeness (QED) is 0.680. The fourth-order valence-electron chi connectivity index (χ4n) is 2.88. The summed E-state index contributed by atoms with van der Waals surface area (Å²) < 4.78 is 6.00. The van der Waals surface area contributed by atoms with Gasteiger partial charge in [0.1, 0.15) is 5.75 Å². The fraction of sp³-hybridized carbons (Fsp3) is 0.667. The van der Waals surface area contributed by atoms with Gasteiger partial charge in [-0.3, -0.25) is 0 Å². The van der Waals surface area contributed by atoms with Crippen LogP contribution in [-0.2, 0) is 6.42 Å². The molecule has 1 heteroatoms. The number of rotatable bonds is 6. The van der Waals surface area contributed by atoms with E-state index in [0.717, 1.165) is 30.6 Å². The van der Waals surface area contributed by atoms with Crippen molar-refractivity contribution >= 4 is 0 Å². The molecule has 0 N–H and O–H groups in total. The van der Waals surface area contributed by atoms with Crippen LogP contribution in [0.4, 0.5) is 0 Å². The lowest BCUT2D eigenvalue weighted by molar-refractivity contribution is 0.208. The van der Waals surface area contributed by atoms with Crippen LogP contribution in [0.25, 0.3) is 0 Å². The lowest BCUT2D eigenvalue weighted by atomic mass is 9.90. The second kappa shape index (κ2) is 7.57. The molecule has 19 heavy (non-hydrogen) atoms. The van der Waals surface area contributed by atoms with E-state index >= 15 is 0 Å². The Morgan fingerprint density at radius 3 is 2.74 bits per heavy atom. The first-order valence-electron chi connectivity index (χ1n) is 7.99. The summed E-state index contributed by atoms with van der Waals surface area (Å²) in [6.07, 6.45) is 9.31. The molecule has 0 radical (unpaired) electrons. The third-order valence-electron chi connectivity index (χ3n) is 4.39. The Hall–Kier alpha value is -0.980. The summed E-state index contributed by atoms with van der Waals surface area (Å²) in [4.78, 5) is 0. The average Bonchev–Trinajstić information content (AvgIpc) is 2.46. The highest BCUT2D eigenvalue weighted by atomic mass is 16.5. The van der Waals surface area contributed by atoms with Gasteiger partial charge < -0.3 is 4.74 Å². The highest BCUT2D eigenvalue weighted by Gasteiger charge is 2.14. The van der Waals surface area contributed by atoms with Gasteiger partial charge in [-0.1, -0.05) is 51.7 Å². The summed E-state index contributed by atoms with van der Waals surface area (Å²) in [6.45, 7) is 5.48. The maximum Gasteiger partial charge on any atom is 0.119 e. The first-order valence-corrected chi connectivity index (χ1v) is 7.99. The maximum absolute atomic E-state index is 6.00. The zero-order chi connectivity index (χ0) is 13.5. The van der Waals surface area contributed by atoms with Gasteiger partial charge in [-0.25, -0.2) is 0 Å². The van der Waals surface area contributed by atoms with Gasteiger partial charge in [0, 0.05) is 0 Å². The highest BCUT2D eigenvalue weighted by Crippen LogP contribution is 2.25. The summed E-state index contributed by atoms with van der Waals surface area (Å²) in [6, 6.07) is 8.69. The fourth-order valence-corrected chi connectivity index (χ4v) is 2.88. The van der Waals surface area contributed by atoms with Gasteiger partial charge in [-0.15, -0.1) is 0 Å². The van der Waals surface area contributed by atoms with Crippen LogP contribution in [0.1, 0.15) is 57.9 Å². The minimum absolute atomic E-state index is 0.758. The van der Waals surface area contributed by atoms with E-state index in [1.54, 1.807) is 0 Å². The minimum atomic E-state index is 0.758. The Morgan fingerprint density at radius 2 is 2.00 bits per heavy atom. The van der Waals surface area contributed by atoms with Crippen molar-refractivity contribution in [2.45, 2.75) is 58.8 Å². The SMILES string of the molecule is CC[C@@H](C)Cc1cccc(OCC2CCCCC2)c1. The van der Waals surface area contributed by atoms with Crippen LogP contribution < -0.4 is 4.74 Å². The van der Waals surface area contributed by atoms with Crippen LogP contribution >= 0.6 is 0 Å². The standard InChI is InChI=1S/C18H28O/c1-3-15(2)12-17-10-7-11-18(13-17)19-14-16-8-5-4-6-9-16/h7,10-11,13,15-16H,3-6,8-9,12,14H2,1-2H3/t15-/m1/s1. The van der Waals surface area contributed by atoms with Crippen molar-refractivity contribution in [3.05, 3.63) is 29.8 Å². The van der Waals surface area contributed by atoms with E-state index in [0.29, 0.717) is 0 Å². The first kappa shape index (κ1) is 14.4. The van der Waals surface area contributed by atoms with E-state index in [1.165, 1.54) is 44.1 Å². The Balaban J connectivity index is 1.84. The van der Waals surface area contributed by atoms with E-state index in [9.17, 15) is 0 Å². The lowest BCUT2D eigenvalue weighted by Gasteiger charge is -2.21. The molecule has 1 nitrogen and oxygen atoms in total. The minimum Gasteiger partial charge on any atom is -0.493 e. The van der Waals surface area contributed by atoms with E-state index in [-0.39, 0.29) is 0 Å². The van der Waals surface area contributed by atoms with Gasteiger partial charge in [-0.05, 0) is 48.8 Å². The molecule has 1 aromatic carbocycles. The van der Waals surface area contributed by atoms with Crippen LogP contribution in [0, 0.1) is 11.8 Å². The summed E-state index contributed by atoms with van der Waals surface area (Å²) in [5, 5.41) is 0. The smallest absolute Gasteiger partial charge is 0.119 e. The Kier molecular flexibility index (Phi) is 5.75. The van der Waals surface area contributed by atoms with Crippen LogP contribution in [0.2, 0.25) is 0 Å². The third-order valence-corrected chi connectivity index (χ3v) is 4.39. The largest absolute Gasteiger partial charge is 0.493 e. The summed E-state index contributed by atoms with van der Waals surface area (Å²) >= 11 is 0. The molecular weight excluding hydrogens is 232 g/mol. The molecule has 0 aliphatic heterocycles. The monoisotopic (exact) mass is 260 g/mol. The predicted octanol–water partition coefficient (Wildman–Crippen LogP) is 5.23. The molecule has 1 aromatic rings. The Morgan fingerprint density at radius 1 is 1.21 bits per heavy atom. The van der Waals surface area contributed by atoms with Crippen LogP contribution in [0.3, 0.4) is 0 Å². The molecule has 0 aromatic heterocycles. The molecular formula is C18H28O. The molecule has 0 saturated heterocycles. The van der Waals surface area contributed by atoms with Crippen LogP contribution in [0.5, 0.6) is 5.75 Å². The molecule has 1 aliphatic rings. The third kappa shape index (κ3) is 4.89.